The number of hydrogen-bond donors (Lipinski definition) is 0. The Morgan fingerprint density at radius 3 is 2.38 bits per heavy atom. The van der Waals surface area contributed by atoms with Crippen molar-refractivity contribution in [2.75, 3.05) is 25.5 Å². The van der Waals surface area contributed by atoms with E-state index in [9.17, 15) is 0 Å². The molecule has 0 aromatic rings. The standard InChI is InChI=1S/C10H20ClNS/c1-8(4-11)5-12-6-9(2)13-10(3)7-12/h8-10H,4-7H2,1-3H3. The number of hydrogen-bond acceptors (Lipinski definition) is 2. The third-order valence-electron chi connectivity index (χ3n) is 2.33. The van der Waals surface area contributed by atoms with Crippen LogP contribution in [0.15, 0.2) is 0 Å². The topological polar surface area (TPSA) is 3.24 Å². The summed E-state index contributed by atoms with van der Waals surface area (Å²) < 4.78 is 0. The molecule has 1 rings (SSSR count). The molecule has 1 nitrogen and oxygen atoms in total. The Hall–Kier alpha value is 0.600. The molecule has 0 bridgehead atoms. The SMILES string of the molecule is CC(CCl)CN1CC(C)SC(C)C1. The van der Waals surface area contributed by atoms with Crippen LogP contribution in [-0.2, 0) is 0 Å². The van der Waals surface area contributed by atoms with Crippen molar-refractivity contribution in [1.29, 1.82) is 0 Å². The van der Waals surface area contributed by atoms with Crippen LogP contribution in [0, 0.1) is 5.92 Å². The molecule has 0 N–H and O–H groups in total. The van der Waals surface area contributed by atoms with Gasteiger partial charge in [0.15, 0.2) is 0 Å². The lowest BCUT2D eigenvalue weighted by molar-refractivity contribution is 0.243. The van der Waals surface area contributed by atoms with Crippen molar-refractivity contribution in [2.24, 2.45) is 5.92 Å². The van der Waals surface area contributed by atoms with E-state index in [1.54, 1.807) is 0 Å². The first-order chi connectivity index (χ1) is 6.11. The van der Waals surface area contributed by atoms with Gasteiger partial charge < -0.3 is 4.90 Å². The molecule has 1 saturated heterocycles. The van der Waals surface area contributed by atoms with Gasteiger partial charge in [0.1, 0.15) is 0 Å². The minimum Gasteiger partial charge on any atom is -0.301 e. The molecule has 3 heteroatoms. The third kappa shape index (κ3) is 4.09. The van der Waals surface area contributed by atoms with Gasteiger partial charge in [0.05, 0.1) is 0 Å². The molecule has 78 valence electrons. The maximum atomic E-state index is 5.81. The van der Waals surface area contributed by atoms with Crippen LogP contribution < -0.4 is 0 Å². The number of thioether (sulfide) groups is 1. The lowest BCUT2D eigenvalue weighted by atomic mass is 10.2. The second-order valence-electron chi connectivity index (χ2n) is 4.24. The van der Waals surface area contributed by atoms with E-state index in [2.05, 4.69) is 37.4 Å². The predicted molar refractivity (Wildman–Crippen MR) is 62.8 cm³/mol. The number of alkyl halides is 1. The van der Waals surface area contributed by atoms with Gasteiger partial charge >= 0.3 is 0 Å². The second-order valence-corrected chi connectivity index (χ2v) is 6.43. The number of halogens is 1. The van der Waals surface area contributed by atoms with Gasteiger partial charge in [-0.05, 0) is 5.92 Å². The molecule has 3 unspecified atom stereocenters. The zero-order valence-electron chi connectivity index (χ0n) is 8.79. The highest BCUT2D eigenvalue weighted by molar-refractivity contribution is 8.00. The Morgan fingerprint density at radius 2 is 1.92 bits per heavy atom. The van der Waals surface area contributed by atoms with Crippen LogP contribution in [0.5, 0.6) is 0 Å². The maximum absolute atomic E-state index is 5.81. The molecule has 0 spiro atoms. The molecule has 0 aliphatic carbocycles. The summed E-state index contributed by atoms with van der Waals surface area (Å²) in [6, 6.07) is 0. The summed E-state index contributed by atoms with van der Waals surface area (Å²) in [6.07, 6.45) is 0. The minimum atomic E-state index is 0.629. The predicted octanol–water partition coefficient (Wildman–Crippen LogP) is 2.69. The fourth-order valence-corrected chi connectivity index (χ4v) is 3.41. The quantitative estimate of drug-likeness (QED) is 0.675. The summed E-state index contributed by atoms with van der Waals surface area (Å²) in [5, 5.41) is 1.57. The van der Waals surface area contributed by atoms with Gasteiger partial charge in [-0.1, -0.05) is 20.8 Å². The van der Waals surface area contributed by atoms with E-state index in [0.29, 0.717) is 5.92 Å². The molecule has 0 saturated carbocycles. The first-order valence-corrected chi connectivity index (χ1v) is 6.53. The average molecular weight is 222 g/mol. The van der Waals surface area contributed by atoms with Crippen LogP contribution in [0.2, 0.25) is 0 Å². The van der Waals surface area contributed by atoms with E-state index in [4.69, 9.17) is 11.6 Å². The van der Waals surface area contributed by atoms with E-state index >= 15 is 0 Å². The highest BCUT2D eigenvalue weighted by Crippen LogP contribution is 2.25. The van der Waals surface area contributed by atoms with E-state index in [0.717, 1.165) is 16.4 Å². The van der Waals surface area contributed by atoms with Gasteiger partial charge in [0.2, 0.25) is 0 Å². The van der Waals surface area contributed by atoms with Crippen molar-refractivity contribution in [2.45, 2.75) is 31.3 Å². The summed E-state index contributed by atoms with van der Waals surface area (Å²) in [7, 11) is 0. The summed E-state index contributed by atoms with van der Waals surface area (Å²) in [6.45, 7) is 10.5. The lowest BCUT2D eigenvalue weighted by Gasteiger charge is -2.35. The highest BCUT2D eigenvalue weighted by atomic mass is 35.5. The van der Waals surface area contributed by atoms with Crippen LogP contribution in [0.25, 0.3) is 0 Å². The van der Waals surface area contributed by atoms with E-state index in [-0.39, 0.29) is 0 Å². The highest BCUT2D eigenvalue weighted by Gasteiger charge is 2.22. The van der Waals surface area contributed by atoms with Gasteiger partial charge in [-0.25, -0.2) is 0 Å². The molecule has 0 radical (unpaired) electrons. The molecule has 1 aliphatic rings. The maximum Gasteiger partial charge on any atom is 0.0261 e. The first-order valence-electron chi connectivity index (χ1n) is 5.05. The Kier molecular flexibility index (Phi) is 4.91. The molecule has 1 fully saturated rings. The molecule has 13 heavy (non-hydrogen) atoms. The van der Waals surface area contributed by atoms with Gasteiger partial charge in [-0.2, -0.15) is 11.8 Å². The number of nitrogens with zero attached hydrogens (tertiary/aromatic N) is 1. The van der Waals surface area contributed by atoms with E-state index < -0.39 is 0 Å². The van der Waals surface area contributed by atoms with Crippen LogP contribution in [0.1, 0.15) is 20.8 Å². The van der Waals surface area contributed by atoms with Crippen molar-refractivity contribution in [3.8, 4) is 0 Å². The number of rotatable bonds is 3. The molecule has 0 amide bonds. The summed E-state index contributed by atoms with van der Waals surface area (Å²) in [5.41, 5.74) is 0. The van der Waals surface area contributed by atoms with Gasteiger partial charge in [0, 0.05) is 36.0 Å². The normalized spacial score (nSPS) is 33.2. The van der Waals surface area contributed by atoms with Gasteiger partial charge in [0.25, 0.3) is 0 Å². The monoisotopic (exact) mass is 221 g/mol. The molecule has 3 atom stereocenters. The third-order valence-corrected chi connectivity index (χ3v) is 4.08. The second kappa shape index (κ2) is 5.47. The van der Waals surface area contributed by atoms with Gasteiger partial charge in [-0.15, -0.1) is 11.6 Å². The average Bonchev–Trinajstić information content (AvgIpc) is 2.02. The first kappa shape index (κ1) is 11.7. The van der Waals surface area contributed by atoms with Gasteiger partial charge in [-0.3, -0.25) is 0 Å². The Bertz CT molecular complexity index is 144. The van der Waals surface area contributed by atoms with Crippen LogP contribution >= 0.6 is 23.4 Å². The molecular formula is C10H20ClNS. The Balaban J connectivity index is 2.32. The van der Waals surface area contributed by atoms with Crippen molar-refractivity contribution < 1.29 is 0 Å². The van der Waals surface area contributed by atoms with Crippen molar-refractivity contribution >= 4 is 23.4 Å². The molecule has 0 aromatic heterocycles. The molecule has 0 aromatic carbocycles. The largest absolute Gasteiger partial charge is 0.301 e. The fraction of sp³-hybridized carbons (Fsp3) is 1.00. The molecule has 1 aliphatic heterocycles. The summed E-state index contributed by atoms with van der Waals surface area (Å²) in [5.74, 6) is 1.41. The molecule has 1 heterocycles. The molecular weight excluding hydrogens is 202 g/mol. The van der Waals surface area contributed by atoms with E-state index in [1.165, 1.54) is 19.6 Å². The van der Waals surface area contributed by atoms with Crippen molar-refractivity contribution in [3.05, 3.63) is 0 Å². The zero-order valence-corrected chi connectivity index (χ0v) is 10.4. The fourth-order valence-electron chi connectivity index (χ4n) is 1.92. The summed E-state index contributed by atoms with van der Waals surface area (Å²) in [4.78, 5) is 2.55. The van der Waals surface area contributed by atoms with Crippen molar-refractivity contribution in [3.63, 3.8) is 0 Å². The van der Waals surface area contributed by atoms with Crippen LogP contribution in [-0.4, -0.2) is 40.9 Å². The van der Waals surface area contributed by atoms with Crippen molar-refractivity contribution in [1.82, 2.24) is 4.90 Å². The summed E-state index contributed by atoms with van der Waals surface area (Å²) >= 11 is 7.92. The lowest BCUT2D eigenvalue weighted by Crippen LogP contribution is -2.42. The zero-order chi connectivity index (χ0) is 9.84. The van der Waals surface area contributed by atoms with Crippen LogP contribution in [0.3, 0.4) is 0 Å². The minimum absolute atomic E-state index is 0.629. The Labute approximate surface area is 91.2 Å². The smallest absolute Gasteiger partial charge is 0.0261 e. The Morgan fingerprint density at radius 1 is 1.38 bits per heavy atom. The van der Waals surface area contributed by atoms with E-state index in [1.807, 2.05) is 0 Å². The van der Waals surface area contributed by atoms with Crippen LogP contribution in [0.4, 0.5) is 0 Å².